The quantitative estimate of drug-likeness (QED) is 0.373. The van der Waals surface area contributed by atoms with Gasteiger partial charge < -0.3 is 10.4 Å². The van der Waals surface area contributed by atoms with Crippen molar-refractivity contribution < 1.29 is 27.9 Å². The second-order valence-corrected chi connectivity index (χ2v) is 9.45. The zero-order chi connectivity index (χ0) is 26.0. The van der Waals surface area contributed by atoms with Crippen LogP contribution in [0.3, 0.4) is 0 Å². The zero-order valence-corrected chi connectivity index (χ0v) is 20.0. The Labute approximate surface area is 207 Å². The first-order valence-corrected chi connectivity index (χ1v) is 11.9. The number of carboxylic acid groups (broad SMARTS) is 1. The van der Waals surface area contributed by atoms with Crippen molar-refractivity contribution in [2.24, 2.45) is 5.92 Å². The molecule has 36 heavy (non-hydrogen) atoms. The van der Waals surface area contributed by atoms with Crippen LogP contribution in [0, 0.1) is 5.92 Å². The number of aromatic nitrogens is 2. The maximum absolute atomic E-state index is 13.7. The van der Waals surface area contributed by atoms with E-state index < -0.39 is 29.5 Å². The predicted molar refractivity (Wildman–Crippen MR) is 129 cm³/mol. The van der Waals surface area contributed by atoms with E-state index in [9.17, 15) is 27.9 Å². The summed E-state index contributed by atoms with van der Waals surface area (Å²) in [7, 11) is 0. The molecule has 3 aromatic rings. The van der Waals surface area contributed by atoms with Gasteiger partial charge in [0.25, 0.3) is 5.91 Å². The number of nitrogens with zero attached hydrogens (tertiary/aromatic N) is 2. The molecular formula is C27H28F3N3O3. The second-order valence-electron chi connectivity index (χ2n) is 9.45. The van der Waals surface area contributed by atoms with Crippen molar-refractivity contribution in [3.63, 3.8) is 0 Å². The lowest BCUT2D eigenvalue weighted by atomic mass is 10.0. The predicted octanol–water partition coefficient (Wildman–Crippen LogP) is 6.10. The molecule has 190 valence electrons. The van der Waals surface area contributed by atoms with Crippen LogP contribution in [0.2, 0.25) is 0 Å². The van der Waals surface area contributed by atoms with Gasteiger partial charge in [0, 0.05) is 6.54 Å². The van der Waals surface area contributed by atoms with Crippen molar-refractivity contribution in [2.45, 2.75) is 57.7 Å². The van der Waals surface area contributed by atoms with Crippen LogP contribution in [0.25, 0.3) is 0 Å². The van der Waals surface area contributed by atoms with Crippen LogP contribution in [-0.4, -0.2) is 26.8 Å². The number of hydrogen-bond acceptors (Lipinski definition) is 3. The highest BCUT2D eigenvalue weighted by atomic mass is 19.4. The molecule has 9 heteroatoms. The molecule has 4 rings (SSSR count). The molecule has 1 aromatic heterocycles. The van der Waals surface area contributed by atoms with Gasteiger partial charge in [0.15, 0.2) is 0 Å². The van der Waals surface area contributed by atoms with E-state index in [2.05, 4.69) is 10.4 Å². The minimum absolute atomic E-state index is 0.0822. The van der Waals surface area contributed by atoms with E-state index in [1.165, 1.54) is 23.9 Å². The fourth-order valence-electron chi connectivity index (χ4n) is 4.60. The highest BCUT2D eigenvalue weighted by Gasteiger charge is 2.45. The maximum Gasteiger partial charge on any atom is 0.418 e. The number of aryl methyl sites for hydroxylation is 2. The van der Waals surface area contributed by atoms with Crippen LogP contribution in [0.4, 0.5) is 18.9 Å². The normalized spacial score (nSPS) is 17.3. The van der Waals surface area contributed by atoms with Crippen LogP contribution in [0.5, 0.6) is 0 Å². The Morgan fingerprint density at radius 2 is 1.89 bits per heavy atom. The summed E-state index contributed by atoms with van der Waals surface area (Å²) in [6.45, 7) is 4.38. The summed E-state index contributed by atoms with van der Waals surface area (Å²) in [4.78, 5) is 24.4. The van der Waals surface area contributed by atoms with Gasteiger partial charge in [-0.15, -0.1) is 0 Å². The molecule has 1 heterocycles. The second kappa shape index (κ2) is 10.2. The number of anilines is 1. The lowest BCUT2D eigenvalue weighted by Crippen LogP contribution is -2.19. The Balaban J connectivity index is 1.55. The fraction of sp³-hybridized carbons (Fsp3) is 0.370. The smallest absolute Gasteiger partial charge is 0.418 e. The van der Waals surface area contributed by atoms with Crippen LogP contribution < -0.4 is 5.32 Å². The fourth-order valence-corrected chi connectivity index (χ4v) is 4.60. The lowest BCUT2D eigenvalue weighted by Gasteiger charge is -2.17. The number of alkyl halides is 3. The molecular weight excluding hydrogens is 471 g/mol. The molecule has 0 aliphatic heterocycles. The molecule has 1 fully saturated rings. The average molecular weight is 500 g/mol. The van der Waals surface area contributed by atoms with Crippen LogP contribution in [0.15, 0.2) is 54.7 Å². The molecule has 0 saturated heterocycles. The van der Waals surface area contributed by atoms with Gasteiger partial charge in [-0.3, -0.25) is 14.3 Å². The Hall–Kier alpha value is -3.62. The monoisotopic (exact) mass is 499 g/mol. The number of halogens is 3. The molecule has 0 radical (unpaired) electrons. The summed E-state index contributed by atoms with van der Waals surface area (Å²) in [5, 5.41) is 16.0. The van der Waals surface area contributed by atoms with E-state index in [-0.39, 0.29) is 23.1 Å². The highest BCUT2D eigenvalue weighted by molar-refractivity contribution is 6.05. The third-order valence-corrected chi connectivity index (χ3v) is 6.48. The van der Waals surface area contributed by atoms with Crippen molar-refractivity contribution in [2.75, 3.05) is 5.32 Å². The van der Waals surface area contributed by atoms with Gasteiger partial charge in [-0.1, -0.05) is 50.2 Å². The van der Waals surface area contributed by atoms with Crippen molar-refractivity contribution in [1.29, 1.82) is 0 Å². The van der Waals surface area contributed by atoms with Gasteiger partial charge in [-0.25, -0.2) is 0 Å². The first kappa shape index (κ1) is 25.5. The SMILES string of the molecule is CC(C)c1c(C(=O)Nc2cc([C@H]3C[C@H]3C(=O)O)ccc2C(F)(F)F)cnn1CCCc1ccccc1. The number of benzene rings is 2. The number of carboxylic acids is 1. The van der Waals surface area contributed by atoms with E-state index in [4.69, 9.17) is 0 Å². The molecule has 1 saturated carbocycles. The van der Waals surface area contributed by atoms with Crippen LogP contribution in [0.1, 0.15) is 71.3 Å². The molecule has 2 aromatic carbocycles. The summed E-state index contributed by atoms with van der Waals surface area (Å²) >= 11 is 0. The first-order valence-electron chi connectivity index (χ1n) is 11.9. The van der Waals surface area contributed by atoms with Gasteiger partial charge in [0.2, 0.25) is 0 Å². The van der Waals surface area contributed by atoms with E-state index >= 15 is 0 Å². The summed E-state index contributed by atoms with van der Waals surface area (Å²) in [5.41, 5.74) is 1.16. The number of rotatable bonds is 9. The largest absolute Gasteiger partial charge is 0.481 e. The minimum Gasteiger partial charge on any atom is -0.481 e. The molecule has 6 nitrogen and oxygen atoms in total. The summed E-state index contributed by atoms with van der Waals surface area (Å²) in [5.74, 6) is -2.72. The number of carbonyl (C=O) groups excluding carboxylic acids is 1. The number of hydrogen-bond donors (Lipinski definition) is 2. The van der Waals surface area contributed by atoms with Gasteiger partial charge in [-0.2, -0.15) is 18.3 Å². The summed E-state index contributed by atoms with van der Waals surface area (Å²) in [6, 6.07) is 13.4. The van der Waals surface area contributed by atoms with Crippen LogP contribution in [-0.2, 0) is 23.9 Å². The average Bonchev–Trinajstić information content (AvgIpc) is 3.51. The summed E-state index contributed by atoms with van der Waals surface area (Å²) in [6.07, 6.45) is -1.30. The molecule has 2 atom stereocenters. The van der Waals surface area contributed by atoms with Gasteiger partial charge in [0.1, 0.15) is 0 Å². The van der Waals surface area contributed by atoms with E-state index in [1.807, 2.05) is 44.2 Å². The number of aliphatic carboxylic acids is 1. The standard InChI is InChI=1S/C27H28F3N3O3/c1-16(2)24-21(15-31-33(24)12-6-9-17-7-4-3-5-8-17)25(34)32-23-13-18(19-14-20(19)26(35)36)10-11-22(23)27(28,29)30/h3-5,7-8,10-11,13,15-16,19-20H,6,9,12,14H2,1-2H3,(H,32,34)(H,35,36)/t19-,20-/m1/s1. The van der Waals surface area contributed by atoms with Gasteiger partial charge in [-0.05, 0) is 54.4 Å². The van der Waals surface area contributed by atoms with E-state index in [0.29, 0.717) is 24.2 Å². The van der Waals surface area contributed by atoms with Crippen molar-refractivity contribution in [1.82, 2.24) is 9.78 Å². The molecule has 1 aliphatic carbocycles. The zero-order valence-electron chi connectivity index (χ0n) is 20.0. The van der Waals surface area contributed by atoms with Gasteiger partial charge >= 0.3 is 12.1 Å². The highest BCUT2D eigenvalue weighted by Crippen LogP contribution is 2.49. The Morgan fingerprint density at radius 1 is 1.17 bits per heavy atom. The van der Waals surface area contributed by atoms with Crippen molar-refractivity contribution in [3.8, 4) is 0 Å². The third kappa shape index (κ3) is 5.61. The van der Waals surface area contributed by atoms with Crippen molar-refractivity contribution in [3.05, 3.63) is 82.7 Å². The maximum atomic E-state index is 13.7. The molecule has 0 spiro atoms. The Bertz CT molecular complexity index is 1250. The van der Waals surface area contributed by atoms with Crippen LogP contribution >= 0.6 is 0 Å². The molecule has 0 bridgehead atoms. The van der Waals surface area contributed by atoms with Gasteiger partial charge in [0.05, 0.1) is 34.6 Å². The topological polar surface area (TPSA) is 84.2 Å². The Morgan fingerprint density at radius 3 is 2.50 bits per heavy atom. The minimum atomic E-state index is -4.68. The number of carbonyl (C=O) groups is 2. The van der Waals surface area contributed by atoms with Crippen molar-refractivity contribution >= 4 is 17.6 Å². The third-order valence-electron chi connectivity index (χ3n) is 6.48. The summed E-state index contributed by atoms with van der Waals surface area (Å²) < 4.78 is 42.8. The number of nitrogens with one attached hydrogen (secondary N) is 1. The molecule has 0 unspecified atom stereocenters. The molecule has 1 amide bonds. The van der Waals surface area contributed by atoms with E-state index in [0.717, 1.165) is 18.9 Å². The Kier molecular flexibility index (Phi) is 7.19. The molecule has 2 N–H and O–H groups in total. The van der Waals surface area contributed by atoms with E-state index in [1.54, 1.807) is 4.68 Å². The lowest BCUT2D eigenvalue weighted by molar-refractivity contribution is -0.139. The number of amides is 1. The molecule has 1 aliphatic rings. The first-order chi connectivity index (χ1) is 17.1.